The average Bonchev–Trinajstić information content (AvgIpc) is 2.76. The molecule has 0 fully saturated rings. The first-order valence-electron chi connectivity index (χ1n) is 8.76. The molecule has 3 aromatic rings. The molecule has 0 aromatic heterocycles. The second kappa shape index (κ2) is 5.34. The highest BCUT2D eigenvalue weighted by Crippen LogP contribution is 2.50. The molecular weight excluding hydrogens is 288 g/mol. The van der Waals surface area contributed by atoms with Gasteiger partial charge in [0.15, 0.2) is 0 Å². The van der Waals surface area contributed by atoms with Crippen LogP contribution in [0, 0.1) is 13.8 Å². The highest BCUT2D eigenvalue weighted by Gasteiger charge is 2.36. The van der Waals surface area contributed by atoms with Crippen molar-refractivity contribution in [3.05, 3.63) is 94.0 Å². The number of rotatable bonds is 2. The molecule has 0 aliphatic heterocycles. The van der Waals surface area contributed by atoms with Crippen LogP contribution in [0.4, 0.5) is 0 Å². The van der Waals surface area contributed by atoms with Crippen LogP contribution in [0.3, 0.4) is 0 Å². The SMILES string of the molecule is Cc1cc(C)cc(Cc2cccc3c2-c2ccccc2C3(C)C)c1. The van der Waals surface area contributed by atoms with Crippen LogP contribution in [0.15, 0.2) is 60.7 Å². The summed E-state index contributed by atoms with van der Waals surface area (Å²) in [5.74, 6) is 0. The van der Waals surface area contributed by atoms with Crippen LogP contribution in [-0.2, 0) is 11.8 Å². The molecular formula is C24H24. The third kappa shape index (κ3) is 2.29. The minimum absolute atomic E-state index is 0.0878. The van der Waals surface area contributed by atoms with E-state index in [0.717, 1.165) is 6.42 Å². The molecule has 0 unspecified atom stereocenters. The van der Waals surface area contributed by atoms with Gasteiger partial charge in [0.1, 0.15) is 0 Å². The Bertz CT molecular complexity index is 908. The summed E-state index contributed by atoms with van der Waals surface area (Å²) in [5, 5.41) is 0. The quantitative estimate of drug-likeness (QED) is 0.528. The Labute approximate surface area is 145 Å². The van der Waals surface area contributed by atoms with Crippen LogP contribution >= 0.6 is 0 Å². The molecule has 0 N–H and O–H groups in total. The average molecular weight is 312 g/mol. The van der Waals surface area contributed by atoms with Gasteiger partial charge in [-0.2, -0.15) is 0 Å². The van der Waals surface area contributed by atoms with Crippen molar-refractivity contribution in [1.29, 1.82) is 0 Å². The fourth-order valence-electron chi connectivity index (χ4n) is 4.37. The molecule has 0 spiro atoms. The molecule has 3 aromatic carbocycles. The van der Waals surface area contributed by atoms with Crippen molar-refractivity contribution in [3.8, 4) is 11.1 Å². The monoisotopic (exact) mass is 312 g/mol. The van der Waals surface area contributed by atoms with Gasteiger partial charge >= 0.3 is 0 Å². The maximum Gasteiger partial charge on any atom is 0.0158 e. The van der Waals surface area contributed by atoms with E-state index in [0.29, 0.717) is 0 Å². The van der Waals surface area contributed by atoms with Crippen LogP contribution in [0.1, 0.15) is 47.2 Å². The minimum atomic E-state index is 0.0878. The predicted molar refractivity (Wildman–Crippen MR) is 103 cm³/mol. The number of benzene rings is 3. The maximum absolute atomic E-state index is 2.35. The molecule has 0 heterocycles. The zero-order chi connectivity index (χ0) is 16.9. The zero-order valence-electron chi connectivity index (χ0n) is 15.0. The van der Waals surface area contributed by atoms with Crippen molar-refractivity contribution in [3.63, 3.8) is 0 Å². The first-order valence-corrected chi connectivity index (χ1v) is 8.76. The van der Waals surface area contributed by atoms with Crippen LogP contribution in [0.25, 0.3) is 11.1 Å². The Kier molecular flexibility index (Phi) is 3.38. The zero-order valence-corrected chi connectivity index (χ0v) is 15.0. The van der Waals surface area contributed by atoms with E-state index in [4.69, 9.17) is 0 Å². The summed E-state index contributed by atoms with van der Waals surface area (Å²) in [6.45, 7) is 9.06. The lowest BCUT2D eigenvalue weighted by molar-refractivity contribution is 0.660. The van der Waals surface area contributed by atoms with Gasteiger partial charge < -0.3 is 0 Å². The van der Waals surface area contributed by atoms with Gasteiger partial charge in [0, 0.05) is 5.41 Å². The van der Waals surface area contributed by atoms with Gasteiger partial charge in [-0.25, -0.2) is 0 Å². The molecule has 1 aliphatic rings. The van der Waals surface area contributed by atoms with Crippen LogP contribution in [-0.4, -0.2) is 0 Å². The predicted octanol–water partition coefficient (Wildman–Crippen LogP) is 6.20. The fraction of sp³-hybridized carbons (Fsp3) is 0.250. The summed E-state index contributed by atoms with van der Waals surface area (Å²) >= 11 is 0. The first kappa shape index (κ1) is 15.2. The van der Waals surface area contributed by atoms with Gasteiger partial charge in [-0.15, -0.1) is 0 Å². The number of hydrogen-bond acceptors (Lipinski definition) is 0. The molecule has 0 nitrogen and oxygen atoms in total. The fourth-order valence-corrected chi connectivity index (χ4v) is 4.37. The molecule has 0 heteroatoms. The van der Waals surface area contributed by atoms with Gasteiger partial charge in [-0.05, 0) is 53.6 Å². The summed E-state index contributed by atoms with van der Waals surface area (Å²) in [5.41, 5.74) is 11.4. The summed E-state index contributed by atoms with van der Waals surface area (Å²) in [7, 11) is 0. The van der Waals surface area contributed by atoms with Crippen molar-refractivity contribution in [2.75, 3.05) is 0 Å². The van der Waals surface area contributed by atoms with Gasteiger partial charge in [-0.1, -0.05) is 85.6 Å². The van der Waals surface area contributed by atoms with E-state index < -0.39 is 0 Å². The van der Waals surface area contributed by atoms with Crippen molar-refractivity contribution in [2.45, 2.75) is 39.5 Å². The molecule has 120 valence electrons. The summed E-state index contributed by atoms with van der Waals surface area (Å²) in [4.78, 5) is 0. The van der Waals surface area contributed by atoms with Crippen LogP contribution in [0.5, 0.6) is 0 Å². The van der Waals surface area contributed by atoms with E-state index in [9.17, 15) is 0 Å². The topological polar surface area (TPSA) is 0 Å². The largest absolute Gasteiger partial charge is 0.0619 e. The summed E-state index contributed by atoms with van der Waals surface area (Å²) < 4.78 is 0. The van der Waals surface area contributed by atoms with Gasteiger partial charge in [0.2, 0.25) is 0 Å². The van der Waals surface area contributed by atoms with Crippen LogP contribution in [0.2, 0.25) is 0 Å². The second-order valence-electron chi connectivity index (χ2n) is 7.68. The second-order valence-corrected chi connectivity index (χ2v) is 7.68. The molecule has 4 rings (SSSR count). The lowest BCUT2D eigenvalue weighted by Crippen LogP contribution is -2.14. The Morgan fingerprint density at radius 2 is 1.42 bits per heavy atom. The molecule has 0 saturated heterocycles. The first-order chi connectivity index (χ1) is 11.5. The standard InChI is InChI=1S/C24H24/c1-16-12-17(2)14-18(13-16)15-19-8-7-11-22-23(19)20-9-5-6-10-21(20)24(22,3)4/h5-14H,15H2,1-4H3. The molecule has 0 saturated carbocycles. The molecule has 0 bridgehead atoms. The highest BCUT2D eigenvalue weighted by molar-refractivity contribution is 5.83. The summed E-state index contributed by atoms with van der Waals surface area (Å²) in [6, 6.07) is 22.6. The lowest BCUT2D eigenvalue weighted by atomic mass is 9.82. The van der Waals surface area contributed by atoms with E-state index >= 15 is 0 Å². The van der Waals surface area contributed by atoms with Gasteiger partial charge in [0.25, 0.3) is 0 Å². The Morgan fingerprint density at radius 1 is 0.750 bits per heavy atom. The number of fused-ring (bicyclic) bond motifs is 3. The third-order valence-corrected chi connectivity index (χ3v) is 5.37. The van der Waals surface area contributed by atoms with Crippen molar-refractivity contribution in [1.82, 2.24) is 0 Å². The Morgan fingerprint density at radius 3 is 2.17 bits per heavy atom. The van der Waals surface area contributed by atoms with Crippen molar-refractivity contribution >= 4 is 0 Å². The molecule has 0 atom stereocenters. The number of hydrogen-bond donors (Lipinski definition) is 0. The Balaban J connectivity index is 1.88. The molecule has 0 radical (unpaired) electrons. The van der Waals surface area contributed by atoms with E-state index in [2.05, 4.69) is 88.4 Å². The Hall–Kier alpha value is -2.34. The van der Waals surface area contributed by atoms with E-state index in [1.165, 1.54) is 44.5 Å². The van der Waals surface area contributed by atoms with E-state index in [-0.39, 0.29) is 5.41 Å². The molecule has 1 aliphatic carbocycles. The van der Waals surface area contributed by atoms with Gasteiger partial charge in [0.05, 0.1) is 0 Å². The smallest absolute Gasteiger partial charge is 0.0158 e. The number of aryl methyl sites for hydroxylation is 2. The highest BCUT2D eigenvalue weighted by atomic mass is 14.4. The molecule has 0 amide bonds. The van der Waals surface area contributed by atoms with Crippen molar-refractivity contribution in [2.24, 2.45) is 0 Å². The van der Waals surface area contributed by atoms with E-state index in [1.54, 1.807) is 0 Å². The van der Waals surface area contributed by atoms with Crippen molar-refractivity contribution < 1.29 is 0 Å². The van der Waals surface area contributed by atoms with Crippen LogP contribution < -0.4 is 0 Å². The normalized spacial score (nSPS) is 14.3. The minimum Gasteiger partial charge on any atom is -0.0619 e. The summed E-state index contributed by atoms with van der Waals surface area (Å²) in [6.07, 6.45) is 0.996. The van der Waals surface area contributed by atoms with E-state index in [1.807, 2.05) is 0 Å². The third-order valence-electron chi connectivity index (χ3n) is 5.37. The lowest BCUT2D eigenvalue weighted by Gasteiger charge is -2.21. The molecule has 24 heavy (non-hydrogen) atoms. The van der Waals surface area contributed by atoms with Gasteiger partial charge in [-0.3, -0.25) is 0 Å². The maximum atomic E-state index is 2.35.